The second-order valence-electron chi connectivity index (χ2n) is 7.36. The van der Waals surface area contributed by atoms with E-state index in [1.807, 2.05) is 37.4 Å². The van der Waals surface area contributed by atoms with E-state index in [0.717, 1.165) is 35.2 Å². The summed E-state index contributed by atoms with van der Waals surface area (Å²) < 4.78 is 10.7. The highest BCUT2D eigenvalue weighted by Crippen LogP contribution is 2.32. The molecule has 5 heteroatoms. The van der Waals surface area contributed by atoms with Crippen LogP contribution >= 0.6 is 0 Å². The Morgan fingerprint density at radius 1 is 1.11 bits per heavy atom. The molecule has 1 aliphatic carbocycles. The maximum atomic E-state index is 13.2. The summed E-state index contributed by atoms with van der Waals surface area (Å²) in [5.41, 5.74) is 5.31. The van der Waals surface area contributed by atoms with Crippen molar-refractivity contribution in [2.45, 2.75) is 32.2 Å². The van der Waals surface area contributed by atoms with E-state index in [-0.39, 0.29) is 5.91 Å². The summed E-state index contributed by atoms with van der Waals surface area (Å²) >= 11 is 0. The quantitative estimate of drug-likeness (QED) is 0.719. The Bertz CT molecular complexity index is 1020. The lowest BCUT2D eigenvalue weighted by Crippen LogP contribution is -2.26. The number of fused-ring (bicyclic) bond motifs is 3. The number of nitrogens with zero attached hydrogens (tertiary/aromatic N) is 1. The molecule has 0 spiro atoms. The molecule has 0 bridgehead atoms. The maximum absolute atomic E-state index is 13.2. The Labute approximate surface area is 165 Å². The van der Waals surface area contributed by atoms with Crippen molar-refractivity contribution < 1.29 is 14.3 Å². The molecular weight excluding hydrogens is 352 g/mol. The topological polar surface area (TPSA) is 54.6 Å². The number of benzene rings is 2. The average Bonchev–Trinajstić information content (AvgIpc) is 3.12. The third-order valence-corrected chi connectivity index (χ3v) is 5.61. The molecule has 3 aromatic rings. The fraction of sp³-hybridized carbons (Fsp3) is 0.348. The van der Waals surface area contributed by atoms with Gasteiger partial charge in [0, 0.05) is 36.3 Å². The zero-order valence-electron chi connectivity index (χ0n) is 16.7. The van der Waals surface area contributed by atoms with Gasteiger partial charge in [0.25, 0.3) is 5.91 Å². The Morgan fingerprint density at radius 3 is 2.71 bits per heavy atom. The Balaban J connectivity index is 1.64. The van der Waals surface area contributed by atoms with Gasteiger partial charge in [0.05, 0.1) is 25.3 Å². The van der Waals surface area contributed by atoms with Crippen LogP contribution in [-0.4, -0.2) is 37.1 Å². The number of para-hydroxylation sites is 1. The molecule has 0 atom stereocenters. The van der Waals surface area contributed by atoms with Crippen LogP contribution in [0.4, 0.5) is 0 Å². The number of aromatic amines is 1. The SMILES string of the molecule is COc1ccc(CN(C)C(=O)c2cccc3c4c([nH]c23)CCCC4)c(OC)c1. The predicted molar refractivity (Wildman–Crippen MR) is 110 cm³/mol. The maximum Gasteiger partial charge on any atom is 0.256 e. The largest absolute Gasteiger partial charge is 0.497 e. The first-order chi connectivity index (χ1) is 13.6. The van der Waals surface area contributed by atoms with Crippen LogP contribution in [0.3, 0.4) is 0 Å². The fourth-order valence-corrected chi connectivity index (χ4v) is 4.12. The monoisotopic (exact) mass is 378 g/mol. The van der Waals surface area contributed by atoms with Gasteiger partial charge < -0.3 is 19.4 Å². The van der Waals surface area contributed by atoms with Crippen LogP contribution in [0, 0.1) is 0 Å². The standard InChI is InChI=1S/C23H26N2O3/c1-25(14-15-11-12-16(27-2)13-21(15)28-3)23(26)19-9-6-8-18-17-7-4-5-10-20(17)24-22(18)19/h6,8-9,11-13,24H,4-5,7,10,14H2,1-3H3. The summed E-state index contributed by atoms with van der Waals surface area (Å²) in [6.45, 7) is 0.461. The highest BCUT2D eigenvalue weighted by atomic mass is 16.5. The van der Waals surface area contributed by atoms with Crippen LogP contribution in [-0.2, 0) is 19.4 Å². The van der Waals surface area contributed by atoms with Gasteiger partial charge in [-0.25, -0.2) is 0 Å². The molecule has 1 heterocycles. The minimum atomic E-state index is 0.00191. The van der Waals surface area contributed by atoms with Gasteiger partial charge in [0.1, 0.15) is 11.5 Å². The Kier molecular flexibility index (Phi) is 4.99. The van der Waals surface area contributed by atoms with E-state index in [9.17, 15) is 4.79 Å². The first kappa shape index (κ1) is 18.4. The highest BCUT2D eigenvalue weighted by molar-refractivity contribution is 6.06. The van der Waals surface area contributed by atoms with Crippen molar-refractivity contribution in [3.05, 3.63) is 58.8 Å². The number of carbonyl (C=O) groups is 1. The number of hydrogen-bond donors (Lipinski definition) is 1. The number of amides is 1. The lowest BCUT2D eigenvalue weighted by atomic mass is 9.95. The molecule has 1 N–H and O–H groups in total. The molecule has 2 aromatic carbocycles. The summed E-state index contributed by atoms with van der Waals surface area (Å²) in [6.07, 6.45) is 4.58. The van der Waals surface area contributed by atoms with Crippen molar-refractivity contribution in [1.82, 2.24) is 9.88 Å². The van der Waals surface area contributed by atoms with E-state index in [1.54, 1.807) is 19.1 Å². The molecule has 0 fully saturated rings. The van der Waals surface area contributed by atoms with E-state index in [1.165, 1.54) is 29.5 Å². The van der Waals surface area contributed by atoms with Crippen LogP contribution in [0.1, 0.15) is 40.0 Å². The minimum Gasteiger partial charge on any atom is -0.497 e. The van der Waals surface area contributed by atoms with E-state index in [4.69, 9.17) is 9.47 Å². The fourth-order valence-electron chi connectivity index (χ4n) is 4.12. The lowest BCUT2D eigenvalue weighted by molar-refractivity contribution is 0.0786. The van der Waals surface area contributed by atoms with Crippen molar-refractivity contribution in [2.75, 3.05) is 21.3 Å². The number of ether oxygens (including phenoxy) is 2. The van der Waals surface area contributed by atoms with Crippen molar-refractivity contribution in [2.24, 2.45) is 0 Å². The van der Waals surface area contributed by atoms with Crippen molar-refractivity contribution >= 4 is 16.8 Å². The third kappa shape index (κ3) is 3.21. The van der Waals surface area contributed by atoms with Gasteiger partial charge in [-0.1, -0.05) is 12.1 Å². The van der Waals surface area contributed by atoms with E-state index in [0.29, 0.717) is 12.3 Å². The highest BCUT2D eigenvalue weighted by Gasteiger charge is 2.21. The van der Waals surface area contributed by atoms with Gasteiger partial charge in [-0.2, -0.15) is 0 Å². The summed E-state index contributed by atoms with van der Waals surface area (Å²) in [5, 5.41) is 1.19. The lowest BCUT2D eigenvalue weighted by Gasteiger charge is -2.20. The zero-order valence-corrected chi connectivity index (χ0v) is 16.7. The van der Waals surface area contributed by atoms with Gasteiger partial charge in [0.15, 0.2) is 0 Å². The Morgan fingerprint density at radius 2 is 1.93 bits per heavy atom. The van der Waals surface area contributed by atoms with Crippen LogP contribution in [0.2, 0.25) is 0 Å². The van der Waals surface area contributed by atoms with E-state index < -0.39 is 0 Å². The molecule has 28 heavy (non-hydrogen) atoms. The second kappa shape index (κ2) is 7.58. The van der Waals surface area contributed by atoms with Gasteiger partial charge in [0.2, 0.25) is 0 Å². The van der Waals surface area contributed by atoms with Crippen LogP contribution in [0.5, 0.6) is 11.5 Å². The van der Waals surface area contributed by atoms with Crippen LogP contribution < -0.4 is 9.47 Å². The summed E-state index contributed by atoms with van der Waals surface area (Å²) in [6, 6.07) is 11.7. The molecule has 1 aliphatic rings. The van der Waals surface area contributed by atoms with E-state index >= 15 is 0 Å². The number of H-pyrrole nitrogens is 1. The molecule has 1 aromatic heterocycles. The summed E-state index contributed by atoms with van der Waals surface area (Å²) in [7, 11) is 5.08. The number of carbonyl (C=O) groups excluding carboxylic acids is 1. The summed E-state index contributed by atoms with van der Waals surface area (Å²) in [5.74, 6) is 1.45. The van der Waals surface area contributed by atoms with Crippen molar-refractivity contribution in [3.63, 3.8) is 0 Å². The van der Waals surface area contributed by atoms with Crippen LogP contribution in [0.25, 0.3) is 10.9 Å². The van der Waals surface area contributed by atoms with Crippen molar-refractivity contribution in [1.29, 1.82) is 0 Å². The number of aryl methyl sites for hydroxylation is 2. The molecule has 0 unspecified atom stereocenters. The molecule has 0 saturated heterocycles. The smallest absolute Gasteiger partial charge is 0.256 e. The van der Waals surface area contributed by atoms with Gasteiger partial charge in [-0.05, 0) is 49.4 Å². The third-order valence-electron chi connectivity index (χ3n) is 5.61. The van der Waals surface area contributed by atoms with E-state index in [2.05, 4.69) is 11.1 Å². The van der Waals surface area contributed by atoms with Gasteiger partial charge in [-0.15, -0.1) is 0 Å². The number of methoxy groups -OCH3 is 2. The van der Waals surface area contributed by atoms with Gasteiger partial charge >= 0.3 is 0 Å². The molecule has 0 aliphatic heterocycles. The molecule has 146 valence electrons. The Hall–Kier alpha value is -2.95. The summed E-state index contributed by atoms with van der Waals surface area (Å²) in [4.78, 5) is 18.5. The minimum absolute atomic E-state index is 0.00191. The van der Waals surface area contributed by atoms with Gasteiger partial charge in [-0.3, -0.25) is 4.79 Å². The predicted octanol–water partition coefficient (Wildman–Crippen LogP) is 4.34. The average molecular weight is 378 g/mol. The molecule has 1 amide bonds. The molecule has 4 rings (SSSR count). The van der Waals surface area contributed by atoms with Crippen LogP contribution in [0.15, 0.2) is 36.4 Å². The number of rotatable bonds is 5. The van der Waals surface area contributed by atoms with Crippen molar-refractivity contribution in [3.8, 4) is 11.5 Å². The number of aromatic nitrogens is 1. The first-order valence-electron chi connectivity index (χ1n) is 9.71. The number of hydrogen-bond acceptors (Lipinski definition) is 3. The normalized spacial score (nSPS) is 13.2. The molecule has 5 nitrogen and oxygen atoms in total. The number of nitrogens with one attached hydrogen (secondary N) is 1. The zero-order chi connectivity index (χ0) is 19.7. The molecular formula is C23H26N2O3. The second-order valence-corrected chi connectivity index (χ2v) is 7.36. The molecule has 0 saturated carbocycles. The molecule has 0 radical (unpaired) electrons. The first-order valence-corrected chi connectivity index (χ1v) is 9.71.